The molecule has 0 fully saturated rings. The van der Waals surface area contributed by atoms with E-state index in [0.717, 1.165) is 35.3 Å². The number of hydrogen-bond donors (Lipinski definition) is 0. The third-order valence-corrected chi connectivity index (χ3v) is 3.60. The van der Waals surface area contributed by atoms with Gasteiger partial charge >= 0.3 is 0 Å². The third kappa shape index (κ3) is 2.35. The third-order valence-electron chi connectivity index (χ3n) is 3.60. The van der Waals surface area contributed by atoms with E-state index in [1.54, 1.807) is 6.08 Å². The molecule has 3 rings (SSSR count). The van der Waals surface area contributed by atoms with E-state index in [9.17, 15) is 4.79 Å². The Kier molecular flexibility index (Phi) is 3.33. The van der Waals surface area contributed by atoms with Crippen molar-refractivity contribution in [2.75, 3.05) is 6.54 Å². The van der Waals surface area contributed by atoms with Gasteiger partial charge in [-0.15, -0.1) is 0 Å². The zero-order chi connectivity index (χ0) is 13.9. The standard InChI is InChI=1S/C17H16N2O/c1-2-13-10-15-12-19(9-8-16(15)18-11-13)17(20)14-6-4-3-5-7-14/h2-7,10-11H,1,8-9,12H2. The fraction of sp³-hybridized carbons (Fsp3) is 0.176. The Bertz CT molecular complexity index is 649. The first-order valence-electron chi connectivity index (χ1n) is 6.72. The van der Waals surface area contributed by atoms with Crippen molar-refractivity contribution >= 4 is 12.0 Å². The van der Waals surface area contributed by atoms with Crippen LogP contribution in [0.25, 0.3) is 6.08 Å². The minimum absolute atomic E-state index is 0.0836. The molecule has 0 saturated carbocycles. The van der Waals surface area contributed by atoms with Gasteiger partial charge in [0.25, 0.3) is 5.91 Å². The van der Waals surface area contributed by atoms with Crippen LogP contribution in [0.1, 0.15) is 27.2 Å². The topological polar surface area (TPSA) is 33.2 Å². The lowest BCUT2D eigenvalue weighted by Crippen LogP contribution is -2.36. The van der Waals surface area contributed by atoms with Crippen LogP contribution < -0.4 is 0 Å². The zero-order valence-electron chi connectivity index (χ0n) is 11.2. The van der Waals surface area contributed by atoms with Crippen molar-refractivity contribution < 1.29 is 4.79 Å². The average molecular weight is 264 g/mol. The summed E-state index contributed by atoms with van der Waals surface area (Å²) in [7, 11) is 0. The van der Waals surface area contributed by atoms with Crippen LogP contribution in [0.15, 0.2) is 49.2 Å². The van der Waals surface area contributed by atoms with E-state index in [4.69, 9.17) is 0 Å². The zero-order valence-corrected chi connectivity index (χ0v) is 11.2. The van der Waals surface area contributed by atoms with E-state index in [1.165, 1.54) is 0 Å². The summed E-state index contributed by atoms with van der Waals surface area (Å²) in [6, 6.07) is 11.5. The summed E-state index contributed by atoms with van der Waals surface area (Å²) in [5.74, 6) is 0.0836. The van der Waals surface area contributed by atoms with Gasteiger partial charge in [-0.3, -0.25) is 9.78 Å². The Hall–Kier alpha value is -2.42. The molecule has 0 aliphatic carbocycles. The van der Waals surface area contributed by atoms with Crippen LogP contribution >= 0.6 is 0 Å². The minimum atomic E-state index is 0.0836. The van der Waals surface area contributed by atoms with E-state index >= 15 is 0 Å². The van der Waals surface area contributed by atoms with Gasteiger partial charge in [-0.25, -0.2) is 0 Å². The van der Waals surface area contributed by atoms with Gasteiger partial charge in [-0.05, 0) is 29.3 Å². The normalized spacial score (nSPS) is 13.7. The number of carbonyl (C=O) groups excluding carboxylic acids is 1. The van der Waals surface area contributed by atoms with Gasteiger partial charge in [0, 0.05) is 37.0 Å². The quantitative estimate of drug-likeness (QED) is 0.835. The fourth-order valence-corrected chi connectivity index (χ4v) is 2.49. The molecule has 0 bridgehead atoms. The van der Waals surface area contributed by atoms with Crippen molar-refractivity contribution in [2.45, 2.75) is 13.0 Å². The number of hydrogen-bond acceptors (Lipinski definition) is 2. The molecule has 1 aliphatic heterocycles. The molecule has 0 N–H and O–H groups in total. The van der Waals surface area contributed by atoms with Gasteiger partial charge in [0.1, 0.15) is 0 Å². The second-order valence-corrected chi connectivity index (χ2v) is 4.92. The molecule has 0 spiro atoms. The highest BCUT2D eigenvalue weighted by atomic mass is 16.2. The highest BCUT2D eigenvalue weighted by Gasteiger charge is 2.22. The van der Waals surface area contributed by atoms with Crippen LogP contribution in [-0.4, -0.2) is 22.3 Å². The molecule has 20 heavy (non-hydrogen) atoms. The van der Waals surface area contributed by atoms with Gasteiger partial charge in [0.2, 0.25) is 0 Å². The SMILES string of the molecule is C=Cc1cnc2c(c1)CN(C(=O)c1ccccc1)CC2. The number of pyridine rings is 1. The summed E-state index contributed by atoms with van der Waals surface area (Å²) in [5, 5.41) is 0. The second-order valence-electron chi connectivity index (χ2n) is 4.92. The number of carbonyl (C=O) groups is 1. The largest absolute Gasteiger partial charge is 0.334 e. The maximum Gasteiger partial charge on any atom is 0.254 e. The smallest absolute Gasteiger partial charge is 0.254 e. The summed E-state index contributed by atoms with van der Waals surface area (Å²) in [6.07, 6.45) is 4.43. The summed E-state index contributed by atoms with van der Waals surface area (Å²) in [6.45, 7) is 5.11. The Morgan fingerprint density at radius 3 is 2.85 bits per heavy atom. The predicted molar refractivity (Wildman–Crippen MR) is 79.2 cm³/mol. The van der Waals surface area contributed by atoms with Gasteiger partial charge in [-0.2, -0.15) is 0 Å². The first-order valence-corrected chi connectivity index (χ1v) is 6.72. The van der Waals surface area contributed by atoms with E-state index < -0.39 is 0 Å². The number of aromatic nitrogens is 1. The fourth-order valence-electron chi connectivity index (χ4n) is 2.49. The summed E-state index contributed by atoms with van der Waals surface area (Å²) < 4.78 is 0. The first kappa shape index (κ1) is 12.6. The monoisotopic (exact) mass is 264 g/mol. The minimum Gasteiger partial charge on any atom is -0.334 e. The maximum absolute atomic E-state index is 12.4. The summed E-state index contributed by atoms with van der Waals surface area (Å²) in [4.78, 5) is 18.8. The van der Waals surface area contributed by atoms with E-state index in [-0.39, 0.29) is 5.91 Å². The molecule has 1 amide bonds. The molecule has 1 aromatic carbocycles. The van der Waals surface area contributed by atoms with Gasteiger partial charge in [-0.1, -0.05) is 30.9 Å². The predicted octanol–water partition coefficient (Wildman–Crippen LogP) is 2.92. The maximum atomic E-state index is 12.4. The van der Waals surface area contributed by atoms with Crippen LogP contribution in [0.4, 0.5) is 0 Å². The lowest BCUT2D eigenvalue weighted by molar-refractivity contribution is 0.0733. The molecule has 1 aliphatic rings. The lowest BCUT2D eigenvalue weighted by Gasteiger charge is -2.28. The molecule has 1 aromatic heterocycles. The van der Waals surface area contributed by atoms with Crippen LogP contribution in [0.2, 0.25) is 0 Å². The van der Waals surface area contributed by atoms with Crippen molar-refractivity contribution in [2.24, 2.45) is 0 Å². The molecule has 2 heterocycles. The van der Waals surface area contributed by atoms with Gasteiger partial charge in [0.05, 0.1) is 0 Å². The first-order chi connectivity index (χ1) is 9.78. The van der Waals surface area contributed by atoms with E-state index in [1.807, 2.05) is 41.4 Å². The number of rotatable bonds is 2. The average Bonchev–Trinajstić information content (AvgIpc) is 2.54. The number of fused-ring (bicyclic) bond motifs is 1. The summed E-state index contributed by atoms with van der Waals surface area (Å²) in [5.41, 5.74) is 3.95. The van der Waals surface area contributed by atoms with Crippen LogP contribution in [0.5, 0.6) is 0 Å². The van der Waals surface area contributed by atoms with E-state index in [0.29, 0.717) is 6.54 Å². The highest BCUT2D eigenvalue weighted by molar-refractivity contribution is 5.94. The van der Waals surface area contributed by atoms with Crippen molar-refractivity contribution in [1.29, 1.82) is 0 Å². The molecule has 0 unspecified atom stereocenters. The number of nitrogens with zero attached hydrogens (tertiary/aromatic N) is 2. The molecule has 100 valence electrons. The Balaban J connectivity index is 1.84. The molecular formula is C17H16N2O. The highest BCUT2D eigenvalue weighted by Crippen LogP contribution is 2.20. The van der Waals surface area contributed by atoms with Crippen molar-refractivity contribution in [3.63, 3.8) is 0 Å². The van der Waals surface area contributed by atoms with Crippen molar-refractivity contribution in [3.8, 4) is 0 Å². The van der Waals surface area contributed by atoms with Crippen LogP contribution in [-0.2, 0) is 13.0 Å². The Morgan fingerprint density at radius 2 is 2.10 bits per heavy atom. The van der Waals surface area contributed by atoms with Gasteiger partial charge in [0.15, 0.2) is 0 Å². The van der Waals surface area contributed by atoms with Crippen LogP contribution in [0.3, 0.4) is 0 Å². The molecule has 3 heteroatoms. The molecule has 0 radical (unpaired) electrons. The van der Waals surface area contributed by atoms with Gasteiger partial charge < -0.3 is 4.90 Å². The Labute approximate surface area is 118 Å². The summed E-state index contributed by atoms with van der Waals surface area (Å²) >= 11 is 0. The molecule has 2 aromatic rings. The number of amides is 1. The van der Waals surface area contributed by atoms with Crippen molar-refractivity contribution in [1.82, 2.24) is 9.88 Å². The lowest BCUT2D eigenvalue weighted by atomic mass is 10.0. The number of benzene rings is 1. The molecule has 0 saturated heterocycles. The second kappa shape index (κ2) is 5.29. The Morgan fingerprint density at radius 1 is 1.30 bits per heavy atom. The molecular weight excluding hydrogens is 248 g/mol. The molecule has 0 atom stereocenters. The van der Waals surface area contributed by atoms with E-state index in [2.05, 4.69) is 17.6 Å². The molecule has 3 nitrogen and oxygen atoms in total. The van der Waals surface area contributed by atoms with Crippen molar-refractivity contribution in [3.05, 3.63) is 71.6 Å². The van der Waals surface area contributed by atoms with Crippen LogP contribution in [0, 0.1) is 0 Å².